The third kappa shape index (κ3) is 8.77. The zero-order valence-corrected chi connectivity index (χ0v) is 15.4. The number of unbranched alkanes of at least 4 members (excludes halogenated alkanes) is 6. The summed E-state index contributed by atoms with van der Waals surface area (Å²) in [5.41, 5.74) is 1.61. The van der Waals surface area contributed by atoms with Gasteiger partial charge >= 0.3 is 5.97 Å². The largest absolute Gasteiger partial charge is 0.461 e. The van der Waals surface area contributed by atoms with Gasteiger partial charge in [-0.15, -0.1) is 0 Å². The van der Waals surface area contributed by atoms with Gasteiger partial charge in [0.2, 0.25) is 0 Å². The number of hydrogen-bond acceptors (Lipinski definition) is 4. The van der Waals surface area contributed by atoms with Crippen LogP contribution in [0.15, 0.2) is 54.7 Å². The van der Waals surface area contributed by atoms with Crippen molar-refractivity contribution in [1.29, 1.82) is 0 Å². The molecule has 0 aliphatic rings. The molecule has 0 saturated heterocycles. The maximum Gasteiger partial charge on any atom is 0.356 e. The number of esters is 1. The van der Waals surface area contributed by atoms with Crippen LogP contribution in [0.3, 0.4) is 0 Å². The van der Waals surface area contributed by atoms with Gasteiger partial charge in [-0.25, -0.2) is 9.78 Å². The number of carbonyl (C=O) groups excluding carboxylic acids is 1. The Morgan fingerprint density at radius 1 is 0.769 bits per heavy atom. The molecule has 0 radical (unpaired) electrons. The molecular weight excluding hydrogens is 326 g/mol. The lowest BCUT2D eigenvalue weighted by molar-refractivity contribution is 0.0491. The van der Waals surface area contributed by atoms with E-state index < -0.39 is 0 Å². The van der Waals surface area contributed by atoms with Gasteiger partial charge in [-0.05, 0) is 30.5 Å². The molecule has 0 aliphatic carbocycles. The van der Waals surface area contributed by atoms with Crippen molar-refractivity contribution in [3.8, 4) is 0 Å². The number of aromatic nitrogens is 1. The number of nitrogens with zero attached hydrogens (tertiary/aromatic N) is 1. The first-order valence-electron chi connectivity index (χ1n) is 9.56. The minimum Gasteiger partial charge on any atom is -0.461 e. The number of pyridine rings is 1. The molecule has 1 aromatic carbocycles. The van der Waals surface area contributed by atoms with Gasteiger partial charge in [0.25, 0.3) is 0 Å². The van der Waals surface area contributed by atoms with Gasteiger partial charge < -0.3 is 9.47 Å². The van der Waals surface area contributed by atoms with E-state index in [1.54, 1.807) is 24.4 Å². The summed E-state index contributed by atoms with van der Waals surface area (Å²) in [6.07, 6.45) is 9.60. The van der Waals surface area contributed by atoms with Crippen LogP contribution < -0.4 is 0 Å². The summed E-state index contributed by atoms with van der Waals surface area (Å²) in [5.74, 6) is -0.332. The highest BCUT2D eigenvalue weighted by atomic mass is 16.5. The fourth-order valence-corrected chi connectivity index (χ4v) is 2.68. The van der Waals surface area contributed by atoms with Crippen LogP contribution in [-0.2, 0) is 16.1 Å². The van der Waals surface area contributed by atoms with Crippen molar-refractivity contribution in [1.82, 2.24) is 4.98 Å². The molecule has 0 amide bonds. The lowest BCUT2D eigenvalue weighted by Crippen LogP contribution is -2.08. The molecule has 0 fully saturated rings. The van der Waals surface area contributed by atoms with Crippen molar-refractivity contribution in [2.24, 2.45) is 0 Å². The van der Waals surface area contributed by atoms with E-state index in [1.807, 2.05) is 18.2 Å². The van der Waals surface area contributed by atoms with Gasteiger partial charge in [0.15, 0.2) is 0 Å². The Hall–Kier alpha value is -2.20. The molecule has 0 atom stereocenters. The molecule has 0 N–H and O–H groups in total. The van der Waals surface area contributed by atoms with Gasteiger partial charge in [0.1, 0.15) is 5.69 Å². The average molecular weight is 355 g/mol. The summed E-state index contributed by atoms with van der Waals surface area (Å²) in [7, 11) is 0. The molecule has 4 nitrogen and oxygen atoms in total. The Morgan fingerprint density at radius 3 is 2.12 bits per heavy atom. The second kappa shape index (κ2) is 13.1. The first kappa shape index (κ1) is 20.1. The Morgan fingerprint density at radius 2 is 1.42 bits per heavy atom. The molecule has 1 aromatic heterocycles. The maximum atomic E-state index is 11.7. The molecule has 2 aromatic rings. The van der Waals surface area contributed by atoms with Gasteiger partial charge in [-0.3, -0.25) is 0 Å². The van der Waals surface area contributed by atoms with Gasteiger partial charge in [0, 0.05) is 12.8 Å². The van der Waals surface area contributed by atoms with Crippen molar-refractivity contribution in [2.75, 3.05) is 13.2 Å². The van der Waals surface area contributed by atoms with Gasteiger partial charge in [0.05, 0.1) is 13.2 Å². The SMILES string of the molecule is O=C(OCCCCCCCCCOCc1ccccc1)c1ccccn1. The predicted octanol–water partition coefficient (Wildman–Crippen LogP) is 5.19. The van der Waals surface area contributed by atoms with Crippen LogP contribution in [0, 0.1) is 0 Å². The standard InChI is InChI=1S/C22H29NO3/c24-22(21-15-9-10-16-23-21)26-18-12-5-3-1-2-4-11-17-25-19-20-13-7-6-8-14-20/h6-10,13-16H,1-5,11-12,17-19H2. The van der Waals surface area contributed by atoms with Gasteiger partial charge in [-0.2, -0.15) is 0 Å². The first-order valence-corrected chi connectivity index (χ1v) is 9.56. The lowest BCUT2D eigenvalue weighted by atomic mass is 10.1. The van der Waals surface area contributed by atoms with Crippen molar-refractivity contribution < 1.29 is 14.3 Å². The zero-order chi connectivity index (χ0) is 18.3. The van der Waals surface area contributed by atoms with Crippen LogP contribution in [-0.4, -0.2) is 24.2 Å². The summed E-state index contributed by atoms with van der Waals surface area (Å²) < 4.78 is 10.9. The second-order valence-electron chi connectivity index (χ2n) is 6.36. The molecule has 140 valence electrons. The monoisotopic (exact) mass is 355 g/mol. The fourth-order valence-electron chi connectivity index (χ4n) is 2.68. The first-order chi connectivity index (χ1) is 12.9. The van der Waals surface area contributed by atoms with Crippen molar-refractivity contribution in [3.05, 3.63) is 66.0 Å². The van der Waals surface area contributed by atoms with Crippen molar-refractivity contribution in [2.45, 2.75) is 51.6 Å². The van der Waals surface area contributed by atoms with E-state index in [2.05, 4.69) is 17.1 Å². The summed E-state index contributed by atoms with van der Waals surface area (Å²) in [6, 6.07) is 15.5. The number of carbonyl (C=O) groups is 1. The number of benzene rings is 1. The van der Waals surface area contributed by atoms with E-state index in [0.29, 0.717) is 18.9 Å². The number of hydrogen-bond donors (Lipinski definition) is 0. The van der Waals surface area contributed by atoms with E-state index in [9.17, 15) is 4.79 Å². The predicted molar refractivity (Wildman–Crippen MR) is 103 cm³/mol. The smallest absolute Gasteiger partial charge is 0.356 e. The molecule has 4 heteroatoms. The number of ether oxygens (including phenoxy) is 2. The van der Waals surface area contributed by atoms with Crippen molar-refractivity contribution >= 4 is 5.97 Å². The van der Waals surface area contributed by atoms with E-state index in [0.717, 1.165) is 25.9 Å². The molecule has 0 aliphatic heterocycles. The molecule has 2 rings (SSSR count). The third-order valence-corrected chi connectivity index (χ3v) is 4.15. The highest BCUT2D eigenvalue weighted by Gasteiger charge is 2.06. The average Bonchev–Trinajstić information content (AvgIpc) is 2.70. The summed E-state index contributed by atoms with van der Waals surface area (Å²) in [5, 5.41) is 0. The fraction of sp³-hybridized carbons (Fsp3) is 0.455. The zero-order valence-electron chi connectivity index (χ0n) is 15.4. The van der Waals surface area contributed by atoms with E-state index in [1.165, 1.54) is 31.2 Å². The summed E-state index contributed by atoms with van der Waals surface area (Å²) in [6.45, 7) is 2.01. The van der Waals surface area contributed by atoms with Crippen LogP contribution >= 0.6 is 0 Å². The molecular formula is C22H29NO3. The molecule has 0 bridgehead atoms. The quantitative estimate of drug-likeness (QED) is 0.367. The Balaban J connectivity index is 1.34. The minimum atomic E-state index is -0.332. The van der Waals surface area contributed by atoms with Gasteiger partial charge in [-0.1, -0.05) is 68.5 Å². The molecule has 0 saturated carbocycles. The van der Waals surface area contributed by atoms with Crippen LogP contribution in [0.25, 0.3) is 0 Å². The van der Waals surface area contributed by atoms with Crippen LogP contribution in [0.1, 0.15) is 61.0 Å². The highest BCUT2D eigenvalue weighted by Crippen LogP contribution is 2.09. The Labute approximate surface area is 156 Å². The molecule has 1 heterocycles. The summed E-state index contributed by atoms with van der Waals surface area (Å²) >= 11 is 0. The molecule has 0 spiro atoms. The maximum absolute atomic E-state index is 11.7. The van der Waals surface area contributed by atoms with Crippen LogP contribution in [0.5, 0.6) is 0 Å². The van der Waals surface area contributed by atoms with E-state index in [-0.39, 0.29) is 5.97 Å². The number of rotatable bonds is 13. The minimum absolute atomic E-state index is 0.332. The second-order valence-corrected chi connectivity index (χ2v) is 6.36. The van der Waals surface area contributed by atoms with E-state index in [4.69, 9.17) is 9.47 Å². The van der Waals surface area contributed by atoms with E-state index >= 15 is 0 Å². The Bertz CT molecular complexity index is 601. The summed E-state index contributed by atoms with van der Waals surface area (Å²) in [4.78, 5) is 15.7. The van der Waals surface area contributed by atoms with Crippen molar-refractivity contribution in [3.63, 3.8) is 0 Å². The molecule has 0 unspecified atom stereocenters. The van der Waals surface area contributed by atoms with Crippen LogP contribution in [0.2, 0.25) is 0 Å². The third-order valence-electron chi connectivity index (χ3n) is 4.15. The normalized spacial score (nSPS) is 10.6. The highest BCUT2D eigenvalue weighted by molar-refractivity contribution is 5.87. The topological polar surface area (TPSA) is 48.4 Å². The lowest BCUT2D eigenvalue weighted by Gasteiger charge is -2.05. The Kier molecular flexibility index (Phi) is 10.1. The van der Waals surface area contributed by atoms with Crippen LogP contribution in [0.4, 0.5) is 0 Å². The molecule has 26 heavy (non-hydrogen) atoms.